The first-order valence-corrected chi connectivity index (χ1v) is 10.1. The van der Waals surface area contributed by atoms with Gasteiger partial charge in [-0.15, -0.1) is 0 Å². The van der Waals surface area contributed by atoms with Crippen molar-refractivity contribution in [2.24, 2.45) is 11.8 Å². The second-order valence-electron chi connectivity index (χ2n) is 7.92. The van der Waals surface area contributed by atoms with Crippen LogP contribution in [0.1, 0.15) is 57.6 Å². The number of esters is 1. The van der Waals surface area contributed by atoms with E-state index in [0.717, 1.165) is 18.4 Å². The van der Waals surface area contributed by atoms with Crippen LogP contribution in [0.4, 0.5) is 4.79 Å². The number of rotatable bonds is 6. The van der Waals surface area contributed by atoms with Crippen LogP contribution in [0, 0.1) is 11.8 Å². The van der Waals surface area contributed by atoms with E-state index in [2.05, 4.69) is 17.2 Å². The van der Waals surface area contributed by atoms with E-state index in [-0.39, 0.29) is 18.1 Å². The highest BCUT2D eigenvalue weighted by atomic mass is 16.5. The number of benzene rings is 1. The van der Waals surface area contributed by atoms with Gasteiger partial charge in [-0.3, -0.25) is 4.79 Å². The van der Waals surface area contributed by atoms with E-state index in [1.165, 1.54) is 19.3 Å². The molecule has 1 saturated heterocycles. The van der Waals surface area contributed by atoms with Crippen LogP contribution >= 0.6 is 0 Å². The van der Waals surface area contributed by atoms with E-state index in [9.17, 15) is 9.59 Å². The Bertz CT molecular complexity index is 725. The molecule has 2 amide bonds. The Balaban J connectivity index is 1.80. The van der Waals surface area contributed by atoms with Gasteiger partial charge in [0.15, 0.2) is 0 Å². The summed E-state index contributed by atoms with van der Waals surface area (Å²) in [5.74, 6) is -0.0136. The van der Waals surface area contributed by atoms with Gasteiger partial charge in [-0.2, -0.15) is 0 Å². The highest BCUT2D eigenvalue weighted by Gasteiger charge is 2.40. The molecular formula is C22H30N2O4. The fraction of sp³-hybridized carbons (Fsp3) is 0.545. The summed E-state index contributed by atoms with van der Waals surface area (Å²) >= 11 is 0. The number of amides is 2. The van der Waals surface area contributed by atoms with Gasteiger partial charge >= 0.3 is 12.0 Å². The first kappa shape index (κ1) is 20.2. The first-order chi connectivity index (χ1) is 13.5. The number of ether oxygens (including phenoxy) is 2. The molecule has 1 heterocycles. The summed E-state index contributed by atoms with van der Waals surface area (Å²) in [4.78, 5) is 25.0. The van der Waals surface area contributed by atoms with Gasteiger partial charge in [-0.1, -0.05) is 44.0 Å². The van der Waals surface area contributed by atoms with Gasteiger partial charge in [-0.05, 0) is 38.7 Å². The Morgan fingerprint density at radius 3 is 2.64 bits per heavy atom. The van der Waals surface area contributed by atoms with E-state index in [1.807, 2.05) is 38.1 Å². The molecule has 2 atom stereocenters. The van der Waals surface area contributed by atoms with Crippen molar-refractivity contribution in [3.63, 3.8) is 0 Å². The van der Waals surface area contributed by atoms with Crippen molar-refractivity contribution in [1.29, 1.82) is 0 Å². The summed E-state index contributed by atoms with van der Waals surface area (Å²) in [7, 11) is 0. The summed E-state index contributed by atoms with van der Waals surface area (Å²) in [5.41, 5.74) is 1.09. The fourth-order valence-corrected chi connectivity index (χ4v) is 3.96. The third-order valence-electron chi connectivity index (χ3n) is 5.33. The van der Waals surface area contributed by atoms with Crippen molar-refractivity contribution < 1.29 is 19.1 Å². The molecule has 2 fully saturated rings. The fourth-order valence-electron chi connectivity index (χ4n) is 3.96. The summed E-state index contributed by atoms with van der Waals surface area (Å²) in [5, 5.41) is 5.48. The van der Waals surface area contributed by atoms with Crippen LogP contribution in [-0.2, 0) is 9.53 Å². The molecule has 1 aromatic carbocycles. The molecule has 1 aromatic rings. The lowest BCUT2D eigenvalue weighted by molar-refractivity contribution is -0.150. The van der Waals surface area contributed by atoms with Crippen LogP contribution in [0.25, 0.3) is 0 Å². The predicted octanol–water partition coefficient (Wildman–Crippen LogP) is 4.08. The van der Waals surface area contributed by atoms with Crippen LogP contribution in [0.2, 0.25) is 0 Å². The number of hydrogen-bond acceptors (Lipinski definition) is 4. The average Bonchev–Trinajstić information content (AvgIpc) is 2.66. The number of para-hydroxylation sites is 1. The van der Waals surface area contributed by atoms with E-state index in [4.69, 9.17) is 9.47 Å². The molecule has 0 aromatic heterocycles. The van der Waals surface area contributed by atoms with E-state index >= 15 is 0 Å². The normalized spacial score (nSPS) is 23.1. The maximum atomic E-state index is 13.0. The molecule has 0 radical (unpaired) electrons. The molecule has 2 aliphatic rings. The summed E-state index contributed by atoms with van der Waals surface area (Å²) < 4.78 is 11.6. The maximum Gasteiger partial charge on any atom is 0.319 e. The third-order valence-corrected chi connectivity index (χ3v) is 5.33. The van der Waals surface area contributed by atoms with Gasteiger partial charge in [0.1, 0.15) is 11.7 Å². The van der Waals surface area contributed by atoms with Crippen LogP contribution in [0.3, 0.4) is 0 Å². The molecule has 0 spiro atoms. The molecule has 152 valence electrons. The molecule has 6 nitrogen and oxygen atoms in total. The molecule has 6 heteroatoms. The highest BCUT2D eigenvalue weighted by molar-refractivity contribution is 5.85. The Kier molecular flexibility index (Phi) is 6.60. The van der Waals surface area contributed by atoms with E-state index in [1.54, 1.807) is 0 Å². The van der Waals surface area contributed by atoms with Crippen LogP contribution in [0.5, 0.6) is 5.75 Å². The third kappa shape index (κ3) is 4.86. The van der Waals surface area contributed by atoms with Gasteiger partial charge < -0.3 is 20.1 Å². The maximum absolute atomic E-state index is 13.0. The monoisotopic (exact) mass is 386 g/mol. The number of urea groups is 1. The second kappa shape index (κ2) is 9.13. The summed E-state index contributed by atoms with van der Waals surface area (Å²) in [6.45, 7) is 8.21. The largest absolute Gasteiger partial charge is 0.491 e. The van der Waals surface area contributed by atoms with Gasteiger partial charge in [0.25, 0.3) is 0 Å². The van der Waals surface area contributed by atoms with Crippen LogP contribution in [0.15, 0.2) is 36.5 Å². The van der Waals surface area contributed by atoms with Crippen molar-refractivity contribution in [3.05, 3.63) is 42.1 Å². The van der Waals surface area contributed by atoms with Crippen molar-refractivity contribution in [2.45, 2.75) is 58.1 Å². The standard InChI is InChI=1S/C22H30N2O4/c1-14(2)28-18-12-8-7-11-17(18)20-19(15(3)23-22(26)24-20)21(25)27-13-16-9-5-4-6-10-16/h7-8,11-12,14,16,19-20H,3-6,9-10,13H2,1-2H3,(H2,23,24,26). The minimum absolute atomic E-state index is 0.0292. The minimum atomic E-state index is -0.710. The molecule has 2 unspecified atom stereocenters. The lowest BCUT2D eigenvalue weighted by Crippen LogP contribution is -2.51. The van der Waals surface area contributed by atoms with Gasteiger partial charge in [0.05, 0.1) is 18.8 Å². The highest BCUT2D eigenvalue weighted by Crippen LogP contribution is 2.36. The van der Waals surface area contributed by atoms with Crippen LogP contribution in [-0.4, -0.2) is 24.7 Å². The van der Waals surface area contributed by atoms with Gasteiger partial charge in [-0.25, -0.2) is 4.79 Å². The zero-order valence-electron chi connectivity index (χ0n) is 16.7. The first-order valence-electron chi connectivity index (χ1n) is 10.1. The molecule has 3 rings (SSSR count). The zero-order valence-corrected chi connectivity index (χ0v) is 16.7. The van der Waals surface area contributed by atoms with Crippen molar-refractivity contribution in [3.8, 4) is 5.75 Å². The predicted molar refractivity (Wildman–Crippen MR) is 107 cm³/mol. The molecular weight excluding hydrogens is 356 g/mol. The lowest BCUT2D eigenvalue weighted by Gasteiger charge is -2.34. The van der Waals surface area contributed by atoms with E-state index in [0.29, 0.717) is 24.0 Å². The van der Waals surface area contributed by atoms with Gasteiger partial charge in [0, 0.05) is 11.3 Å². The van der Waals surface area contributed by atoms with Crippen molar-refractivity contribution >= 4 is 12.0 Å². The number of hydrogen-bond donors (Lipinski definition) is 2. The number of carbonyl (C=O) groups excluding carboxylic acids is 2. The SMILES string of the molecule is C=C1NC(=O)NC(c2ccccc2OC(C)C)C1C(=O)OCC1CCCCC1. The number of nitrogens with one attached hydrogen (secondary N) is 2. The molecule has 0 bridgehead atoms. The Morgan fingerprint density at radius 1 is 1.21 bits per heavy atom. The molecule has 28 heavy (non-hydrogen) atoms. The molecule has 1 aliphatic carbocycles. The number of carbonyl (C=O) groups is 2. The van der Waals surface area contributed by atoms with Crippen LogP contribution < -0.4 is 15.4 Å². The van der Waals surface area contributed by atoms with Gasteiger partial charge in [0.2, 0.25) is 0 Å². The molecule has 1 saturated carbocycles. The lowest BCUT2D eigenvalue weighted by atomic mass is 9.88. The van der Waals surface area contributed by atoms with E-state index < -0.39 is 12.0 Å². The Labute approximate surface area is 166 Å². The average molecular weight is 386 g/mol. The summed E-state index contributed by atoms with van der Waals surface area (Å²) in [6, 6.07) is 6.47. The van der Waals surface area contributed by atoms with Crippen molar-refractivity contribution in [2.75, 3.05) is 6.61 Å². The van der Waals surface area contributed by atoms with Crippen molar-refractivity contribution in [1.82, 2.24) is 10.6 Å². The summed E-state index contributed by atoms with van der Waals surface area (Å²) in [6.07, 6.45) is 5.81. The molecule has 1 aliphatic heterocycles. The Hall–Kier alpha value is -2.50. The molecule has 2 N–H and O–H groups in total. The quantitative estimate of drug-likeness (QED) is 0.722. The Morgan fingerprint density at radius 2 is 1.93 bits per heavy atom. The smallest absolute Gasteiger partial charge is 0.319 e. The zero-order chi connectivity index (χ0) is 20.1. The second-order valence-corrected chi connectivity index (χ2v) is 7.92. The minimum Gasteiger partial charge on any atom is -0.491 e. The topological polar surface area (TPSA) is 76.7 Å².